The summed E-state index contributed by atoms with van der Waals surface area (Å²) in [6.07, 6.45) is 6.55. The zero-order chi connectivity index (χ0) is 12.4. The average molecular weight is 266 g/mol. The molecule has 0 radical (unpaired) electrons. The van der Waals surface area contributed by atoms with Crippen molar-refractivity contribution >= 4 is 22.5 Å². The average Bonchev–Trinajstić information content (AvgIpc) is 3.00. The Morgan fingerprint density at radius 2 is 2.33 bits per heavy atom. The summed E-state index contributed by atoms with van der Waals surface area (Å²) in [6, 6.07) is 0.716. The lowest BCUT2D eigenvalue weighted by atomic mass is 9.99. The van der Waals surface area contributed by atoms with Crippen LogP contribution in [0, 0.1) is 0 Å². The van der Waals surface area contributed by atoms with E-state index in [1.807, 2.05) is 5.38 Å². The van der Waals surface area contributed by atoms with E-state index in [-0.39, 0.29) is 6.03 Å². The first kappa shape index (κ1) is 11.9. The maximum atomic E-state index is 11.9. The van der Waals surface area contributed by atoms with Crippen molar-refractivity contribution < 1.29 is 4.79 Å². The van der Waals surface area contributed by atoms with Crippen LogP contribution < -0.4 is 10.6 Å². The van der Waals surface area contributed by atoms with Gasteiger partial charge in [0.1, 0.15) is 0 Å². The monoisotopic (exact) mass is 266 g/mol. The summed E-state index contributed by atoms with van der Waals surface area (Å²) in [6.45, 7) is 2.31. The van der Waals surface area contributed by atoms with Crippen LogP contribution in [0.4, 0.5) is 9.93 Å². The molecule has 5 nitrogen and oxygen atoms in total. The van der Waals surface area contributed by atoms with E-state index < -0.39 is 0 Å². The Bertz CT molecular complexity index is 408. The molecule has 2 unspecified atom stereocenters. The lowest BCUT2D eigenvalue weighted by molar-refractivity contribution is 0.180. The molecule has 2 aliphatic heterocycles. The molecule has 98 valence electrons. The summed E-state index contributed by atoms with van der Waals surface area (Å²) in [5.74, 6) is 0. The molecule has 0 spiro atoms. The van der Waals surface area contributed by atoms with E-state index in [4.69, 9.17) is 0 Å². The third kappa shape index (κ3) is 2.49. The number of fused-ring (bicyclic) bond motifs is 1. The molecule has 2 N–H and O–H groups in total. The van der Waals surface area contributed by atoms with E-state index >= 15 is 0 Å². The normalized spacial score (nSPS) is 27.8. The number of aromatic nitrogens is 1. The molecule has 1 aromatic heterocycles. The van der Waals surface area contributed by atoms with Crippen LogP contribution in [0.2, 0.25) is 0 Å². The number of carbonyl (C=O) groups excluding carboxylic acids is 1. The molecule has 3 rings (SSSR count). The number of rotatable bonds is 2. The van der Waals surface area contributed by atoms with Gasteiger partial charge in [-0.3, -0.25) is 10.2 Å². The molecule has 2 aliphatic rings. The van der Waals surface area contributed by atoms with E-state index in [1.54, 1.807) is 6.20 Å². The van der Waals surface area contributed by atoms with Crippen molar-refractivity contribution in [2.45, 2.75) is 37.8 Å². The summed E-state index contributed by atoms with van der Waals surface area (Å²) in [7, 11) is 0. The molecule has 0 saturated carbocycles. The number of nitrogens with one attached hydrogen (secondary N) is 2. The van der Waals surface area contributed by atoms with Crippen LogP contribution in [-0.4, -0.2) is 41.1 Å². The first-order valence-electron chi connectivity index (χ1n) is 6.54. The molecule has 2 amide bonds. The van der Waals surface area contributed by atoms with Crippen molar-refractivity contribution in [3.63, 3.8) is 0 Å². The van der Waals surface area contributed by atoms with Crippen molar-refractivity contribution in [1.82, 2.24) is 15.2 Å². The number of hydrogen-bond acceptors (Lipinski definition) is 4. The van der Waals surface area contributed by atoms with Crippen LogP contribution in [-0.2, 0) is 0 Å². The fourth-order valence-corrected chi connectivity index (χ4v) is 3.53. The molecule has 2 atom stereocenters. The third-order valence-corrected chi connectivity index (χ3v) is 4.51. The van der Waals surface area contributed by atoms with Crippen LogP contribution in [0.25, 0.3) is 0 Å². The number of thiazole rings is 1. The van der Waals surface area contributed by atoms with Gasteiger partial charge in [0.05, 0.1) is 0 Å². The second-order valence-corrected chi connectivity index (χ2v) is 5.82. The minimum Gasteiger partial charge on any atom is -0.333 e. The highest BCUT2D eigenvalue weighted by molar-refractivity contribution is 7.13. The molecule has 1 aromatic rings. The molecule has 18 heavy (non-hydrogen) atoms. The Kier molecular flexibility index (Phi) is 3.47. The van der Waals surface area contributed by atoms with Crippen molar-refractivity contribution in [3.8, 4) is 0 Å². The predicted molar refractivity (Wildman–Crippen MR) is 71.9 cm³/mol. The van der Waals surface area contributed by atoms with Crippen molar-refractivity contribution in [2.24, 2.45) is 0 Å². The van der Waals surface area contributed by atoms with Crippen LogP contribution in [0.15, 0.2) is 11.6 Å². The topological polar surface area (TPSA) is 57.3 Å². The maximum Gasteiger partial charge on any atom is 0.321 e. The molecule has 2 fully saturated rings. The highest BCUT2D eigenvalue weighted by atomic mass is 32.1. The highest BCUT2D eigenvalue weighted by Crippen LogP contribution is 2.27. The van der Waals surface area contributed by atoms with Crippen molar-refractivity contribution in [3.05, 3.63) is 11.6 Å². The Morgan fingerprint density at radius 3 is 3.17 bits per heavy atom. The summed E-state index contributed by atoms with van der Waals surface area (Å²) in [5, 5.41) is 8.39. The van der Waals surface area contributed by atoms with Crippen LogP contribution in [0.1, 0.15) is 25.7 Å². The molecule has 0 aliphatic carbocycles. The second-order valence-electron chi connectivity index (χ2n) is 4.93. The van der Waals surface area contributed by atoms with Gasteiger partial charge < -0.3 is 5.32 Å². The number of hydrogen-bond donors (Lipinski definition) is 2. The Morgan fingerprint density at radius 1 is 1.39 bits per heavy atom. The summed E-state index contributed by atoms with van der Waals surface area (Å²) in [5.41, 5.74) is 0. The van der Waals surface area contributed by atoms with Gasteiger partial charge in [-0.25, -0.2) is 9.78 Å². The predicted octanol–water partition coefficient (Wildman–Crippen LogP) is 1.89. The molecular weight excluding hydrogens is 248 g/mol. The highest BCUT2D eigenvalue weighted by Gasteiger charge is 2.36. The largest absolute Gasteiger partial charge is 0.333 e. The van der Waals surface area contributed by atoms with Gasteiger partial charge in [0.25, 0.3) is 0 Å². The first-order valence-corrected chi connectivity index (χ1v) is 7.42. The lowest BCUT2D eigenvalue weighted by Gasteiger charge is -2.32. The third-order valence-electron chi connectivity index (χ3n) is 3.83. The second kappa shape index (κ2) is 5.24. The van der Waals surface area contributed by atoms with Crippen LogP contribution in [0.3, 0.4) is 0 Å². The fourth-order valence-electron chi connectivity index (χ4n) is 3.00. The SMILES string of the molecule is O=C(Nc1nccs1)NC1CCN2CCCCC12. The Hall–Kier alpha value is -1.14. The minimum atomic E-state index is -0.123. The van der Waals surface area contributed by atoms with E-state index in [0.29, 0.717) is 17.2 Å². The Balaban J connectivity index is 1.54. The zero-order valence-corrected chi connectivity index (χ0v) is 11.1. The zero-order valence-electron chi connectivity index (χ0n) is 10.3. The molecule has 0 bridgehead atoms. The number of urea groups is 1. The number of anilines is 1. The van der Waals surface area contributed by atoms with Gasteiger partial charge in [-0.15, -0.1) is 11.3 Å². The van der Waals surface area contributed by atoms with Gasteiger partial charge in [-0.2, -0.15) is 0 Å². The quantitative estimate of drug-likeness (QED) is 0.859. The van der Waals surface area contributed by atoms with Gasteiger partial charge in [0.15, 0.2) is 5.13 Å². The molecule has 6 heteroatoms. The maximum absolute atomic E-state index is 11.9. The summed E-state index contributed by atoms with van der Waals surface area (Å²) >= 11 is 1.44. The van der Waals surface area contributed by atoms with Gasteiger partial charge >= 0.3 is 6.03 Å². The minimum absolute atomic E-state index is 0.123. The van der Waals surface area contributed by atoms with Gasteiger partial charge in [0, 0.05) is 30.2 Å². The molecule has 3 heterocycles. The number of piperidine rings is 1. The van der Waals surface area contributed by atoms with Crippen molar-refractivity contribution in [1.29, 1.82) is 0 Å². The lowest BCUT2D eigenvalue weighted by Crippen LogP contribution is -2.47. The van der Waals surface area contributed by atoms with Crippen molar-refractivity contribution in [2.75, 3.05) is 18.4 Å². The standard InChI is InChI=1S/C12H18N4OS/c17-11(15-12-13-5-8-18-12)14-9-4-7-16-6-2-1-3-10(9)16/h5,8-10H,1-4,6-7H2,(H2,13,14,15,17). The summed E-state index contributed by atoms with van der Waals surface area (Å²) in [4.78, 5) is 18.4. The van der Waals surface area contributed by atoms with Gasteiger partial charge in [-0.1, -0.05) is 6.42 Å². The van der Waals surface area contributed by atoms with Gasteiger partial charge in [0.2, 0.25) is 0 Å². The van der Waals surface area contributed by atoms with E-state index in [0.717, 1.165) is 13.0 Å². The summed E-state index contributed by atoms with van der Waals surface area (Å²) < 4.78 is 0. The van der Waals surface area contributed by atoms with E-state index in [1.165, 1.54) is 37.1 Å². The van der Waals surface area contributed by atoms with E-state index in [9.17, 15) is 4.79 Å². The number of amides is 2. The fraction of sp³-hybridized carbons (Fsp3) is 0.667. The first-order chi connectivity index (χ1) is 8.83. The smallest absolute Gasteiger partial charge is 0.321 e. The molecule has 2 saturated heterocycles. The Labute approximate surface area is 111 Å². The number of carbonyl (C=O) groups is 1. The van der Waals surface area contributed by atoms with E-state index in [2.05, 4.69) is 20.5 Å². The van der Waals surface area contributed by atoms with Crippen LogP contribution >= 0.6 is 11.3 Å². The van der Waals surface area contributed by atoms with Gasteiger partial charge in [-0.05, 0) is 25.8 Å². The molecular formula is C12H18N4OS. The number of nitrogens with zero attached hydrogens (tertiary/aromatic N) is 2. The van der Waals surface area contributed by atoms with Crippen LogP contribution in [0.5, 0.6) is 0 Å². The molecule has 0 aromatic carbocycles.